The van der Waals surface area contributed by atoms with Gasteiger partial charge in [0, 0.05) is 4.90 Å². The Bertz CT molecular complexity index is 1180. The number of thioether (sulfide) groups is 1. The Labute approximate surface area is 206 Å². The van der Waals surface area contributed by atoms with E-state index >= 15 is 0 Å². The Morgan fingerprint density at radius 1 is 0.971 bits per heavy atom. The maximum atomic E-state index is 13.4. The number of ether oxygens (including phenoxy) is 1. The third-order valence-electron chi connectivity index (χ3n) is 5.28. The smallest absolute Gasteiger partial charge is 0.264 e. The van der Waals surface area contributed by atoms with Crippen molar-refractivity contribution in [2.24, 2.45) is 0 Å². The summed E-state index contributed by atoms with van der Waals surface area (Å²) >= 11 is 1.53. The van der Waals surface area contributed by atoms with E-state index in [9.17, 15) is 13.2 Å². The highest BCUT2D eigenvalue weighted by molar-refractivity contribution is 7.98. The summed E-state index contributed by atoms with van der Waals surface area (Å²) < 4.78 is 33.7. The zero-order valence-electron chi connectivity index (χ0n) is 19.7. The summed E-state index contributed by atoms with van der Waals surface area (Å²) in [5.41, 5.74) is 2.65. The van der Waals surface area contributed by atoms with Gasteiger partial charge in [0.15, 0.2) is 0 Å². The number of sulfonamides is 1. The first-order chi connectivity index (χ1) is 16.3. The summed E-state index contributed by atoms with van der Waals surface area (Å²) in [6.07, 6.45) is 2.88. The number of amides is 1. The highest BCUT2D eigenvalue weighted by atomic mass is 32.2. The minimum atomic E-state index is -3.94. The summed E-state index contributed by atoms with van der Waals surface area (Å²) in [5, 5.41) is 2.76. The van der Waals surface area contributed by atoms with E-state index in [0.29, 0.717) is 5.69 Å². The first-order valence-electron chi connectivity index (χ1n) is 11.1. The molecule has 0 fully saturated rings. The number of carbonyl (C=O) groups excluding carboxylic acids is 1. The Kier molecular flexibility index (Phi) is 9.01. The molecule has 0 saturated heterocycles. The van der Waals surface area contributed by atoms with E-state index in [4.69, 9.17) is 4.74 Å². The molecule has 0 unspecified atom stereocenters. The SMILES string of the molecule is CCc1ccc(OCCNC(=O)CN(c2ccc(C)cc2)S(=O)(=O)c2ccc(SC)cc2)cc1. The van der Waals surface area contributed by atoms with Crippen molar-refractivity contribution in [3.05, 3.63) is 83.9 Å². The number of hydrogen-bond donors (Lipinski definition) is 1. The predicted molar refractivity (Wildman–Crippen MR) is 138 cm³/mol. The number of anilines is 1. The van der Waals surface area contributed by atoms with Crippen LogP contribution in [0.4, 0.5) is 5.69 Å². The average molecular weight is 499 g/mol. The van der Waals surface area contributed by atoms with Gasteiger partial charge in [-0.15, -0.1) is 11.8 Å². The molecule has 0 heterocycles. The molecule has 3 rings (SSSR count). The van der Waals surface area contributed by atoms with Gasteiger partial charge >= 0.3 is 0 Å². The summed E-state index contributed by atoms with van der Waals surface area (Å²) in [5.74, 6) is 0.318. The molecule has 0 radical (unpaired) electrons. The molecule has 34 heavy (non-hydrogen) atoms. The van der Waals surface area contributed by atoms with E-state index in [1.807, 2.05) is 49.6 Å². The molecular formula is C26H30N2O4S2. The first-order valence-corrected chi connectivity index (χ1v) is 13.7. The largest absolute Gasteiger partial charge is 0.492 e. The fourth-order valence-corrected chi connectivity index (χ4v) is 5.10. The van der Waals surface area contributed by atoms with Crippen LogP contribution >= 0.6 is 11.8 Å². The monoisotopic (exact) mass is 498 g/mol. The first kappa shape index (κ1) is 25.6. The Balaban J connectivity index is 1.68. The number of benzene rings is 3. The molecule has 3 aromatic rings. The highest BCUT2D eigenvalue weighted by Crippen LogP contribution is 2.25. The molecule has 0 atom stereocenters. The van der Waals surface area contributed by atoms with Gasteiger partial charge in [0.1, 0.15) is 18.9 Å². The van der Waals surface area contributed by atoms with Crippen LogP contribution in [0.25, 0.3) is 0 Å². The van der Waals surface area contributed by atoms with E-state index in [0.717, 1.165) is 26.9 Å². The van der Waals surface area contributed by atoms with E-state index in [1.165, 1.54) is 17.3 Å². The lowest BCUT2D eigenvalue weighted by molar-refractivity contribution is -0.119. The van der Waals surface area contributed by atoms with Gasteiger partial charge in [0.05, 0.1) is 17.1 Å². The van der Waals surface area contributed by atoms with Crippen LogP contribution in [-0.4, -0.2) is 40.3 Å². The van der Waals surface area contributed by atoms with Gasteiger partial charge in [-0.25, -0.2) is 8.42 Å². The maximum Gasteiger partial charge on any atom is 0.264 e. The molecule has 1 N–H and O–H groups in total. The van der Waals surface area contributed by atoms with Gasteiger partial charge in [-0.2, -0.15) is 0 Å². The molecule has 6 nitrogen and oxygen atoms in total. The van der Waals surface area contributed by atoms with Crippen molar-refractivity contribution in [3.8, 4) is 5.75 Å². The van der Waals surface area contributed by atoms with Crippen molar-refractivity contribution in [1.29, 1.82) is 0 Å². The molecule has 3 aromatic carbocycles. The minimum Gasteiger partial charge on any atom is -0.492 e. The number of aryl methyl sites for hydroxylation is 2. The molecule has 1 amide bonds. The lowest BCUT2D eigenvalue weighted by atomic mass is 10.2. The highest BCUT2D eigenvalue weighted by Gasteiger charge is 2.27. The van der Waals surface area contributed by atoms with Gasteiger partial charge in [-0.1, -0.05) is 36.8 Å². The third kappa shape index (κ3) is 6.77. The molecule has 0 bridgehead atoms. The molecule has 0 saturated carbocycles. The average Bonchev–Trinajstić information content (AvgIpc) is 2.86. The van der Waals surface area contributed by atoms with Crippen molar-refractivity contribution in [2.45, 2.75) is 30.1 Å². The quantitative estimate of drug-likeness (QED) is 0.307. The minimum absolute atomic E-state index is 0.137. The second-order valence-corrected chi connectivity index (χ2v) is 10.5. The second-order valence-electron chi connectivity index (χ2n) is 7.72. The van der Waals surface area contributed by atoms with E-state index < -0.39 is 15.9 Å². The zero-order valence-corrected chi connectivity index (χ0v) is 21.3. The van der Waals surface area contributed by atoms with Gasteiger partial charge in [0.25, 0.3) is 10.0 Å². The van der Waals surface area contributed by atoms with Crippen LogP contribution in [0.1, 0.15) is 18.1 Å². The van der Waals surface area contributed by atoms with Crippen molar-refractivity contribution in [1.82, 2.24) is 5.32 Å². The Hall–Kier alpha value is -2.97. The van der Waals surface area contributed by atoms with Crippen molar-refractivity contribution < 1.29 is 17.9 Å². The van der Waals surface area contributed by atoms with Crippen LogP contribution in [0.3, 0.4) is 0 Å². The van der Waals surface area contributed by atoms with Crippen molar-refractivity contribution in [2.75, 3.05) is 30.3 Å². The maximum absolute atomic E-state index is 13.4. The molecule has 0 aliphatic heterocycles. The molecule has 0 aliphatic rings. The van der Waals surface area contributed by atoms with Gasteiger partial charge in [0.2, 0.25) is 5.91 Å². The van der Waals surface area contributed by atoms with Gasteiger partial charge in [-0.3, -0.25) is 9.10 Å². The van der Waals surface area contributed by atoms with Crippen LogP contribution < -0.4 is 14.4 Å². The molecule has 0 spiro atoms. The van der Waals surface area contributed by atoms with Gasteiger partial charge in [-0.05, 0) is 73.7 Å². The lowest BCUT2D eigenvalue weighted by Crippen LogP contribution is -2.41. The van der Waals surface area contributed by atoms with E-state index in [-0.39, 0.29) is 24.6 Å². The number of carbonyl (C=O) groups is 1. The fraction of sp³-hybridized carbons (Fsp3) is 0.269. The van der Waals surface area contributed by atoms with Crippen molar-refractivity contribution in [3.63, 3.8) is 0 Å². The number of hydrogen-bond acceptors (Lipinski definition) is 5. The molecule has 8 heteroatoms. The lowest BCUT2D eigenvalue weighted by Gasteiger charge is -2.24. The van der Waals surface area contributed by atoms with Gasteiger partial charge < -0.3 is 10.1 Å². The third-order valence-corrected chi connectivity index (χ3v) is 7.81. The zero-order chi connectivity index (χ0) is 24.6. The summed E-state index contributed by atoms with van der Waals surface area (Å²) in [4.78, 5) is 13.8. The molecule has 0 aromatic heterocycles. The van der Waals surface area contributed by atoms with Crippen LogP contribution in [0.2, 0.25) is 0 Å². The van der Waals surface area contributed by atoms with Crippen LogP contribution in [0, 0.1) is 6.92 Å². The second kappa shape index (κ2) is 11.9. The molecule has 0 aliphatic carbocycles. The van der Waals surface area contributed by atoms with E-state index in [1.54, 1.807) is 36.4 Å². The summed E-state index contributed by atoms with van der Waals surface area (Å²) in [6, 6.07) is 21.5. The fourth-order valence-electron chi connectivity index (χ4n) is 3.27. The van der Waals surface area contributed by atoms with Crippen LogP contribution in [-0.2, 0) is 21.2 Å². The Morgan fingerprint density at radius 3 is 2.21 bits per heavy atom. The summed E-state index contributed by atoms with van der Waals surface area (Å²) in [7, 11) is -3.94. The predicted octanol–water partition coefficient (Wildman–Crippen LogP) is 4.67. The topological polar surface area (TPSA) is 75.7 Å². The molecular weight excluding hydrogens is 468 g/mol. The standard InChI is InChI=1S/C26H30N2O4S2/c1-4-21-7-11-23(12-8-21)32-18-17-27-26(29)19-28(22-9-5-20(2)6-10-22)34(30,31)25-15-13-24(33-3)14-16-25/h5-16H,4,17-19H2,1-3H3,(H,27,29). The Morgan fingerprint density at radius 2 is 1.62 bits per heavy atom. The van der Waals surface area contributed by atoms with Crippen LogP contribution in [0.5, 0.6) is 5.75 Å². The number of rotatable bonds is 11. The van der Waals surface area contributed by atoms with Crippen LogP contribution in [0.15, 0.2) is 82.6 Å². The molecule has 180 valence electrons. The van der Waals surface area contributed by atoms with Crippen molar-refractivity contribution >= 4 is 33.4 Å². The van der Waals surface area contributed by atoms with E-state index in [2.05, 4.69) is 12.2 Å². The number of nitrogens with one attached hydrogen (secondary N) is 1. The number of nitrogens with zero attached hydrogens (tertiary/aromatic N) is 1. The normalized spacial score (nSPS) is 11.1. The summed E-state index contributed by atoms with van der Waals surface area (Å²) in [6.45, 7) is 4.22.